The molecule has 0 spiro atoms. The minimum Gasteiger partial charge on any atom is -0.397 e. The standard InChI is InChI=1S/C14H14ClN3O/c1-9-5-6-12(16)13(7-9)18-14(19)17-11-4-2-3-10(15)8-11/h2-8H,16H2,1H3,(H2,17,18,19). The molecule has 2 rings (SSSR count). The molecule has 2 amide bonds. The van der Waals surface area contributed by atoms with Crippen molar-refractivity contribution in [3.8, 4) is 0 Å². The number of nitrogens with one attached hydrogen (secondary N) is 2. The maximum absolute atomic E-state index is 11.8. The molecule has 0 aliphatic carbocycles. The molecule has 5 heteroatoms. The van der Waals surface area contributed by atoms with Crippen LogP contribution >= 0.6 is 11.6 Å². The molecule has 0 aliphatic rings. The van der Waals surface area contributed by atoms with E-state index in [2.05, 4.69) is 10.6 Å². The van der Waals surface area contributed by atoms with Gasteiger partial charge in [0.25, 0.3) is 0 Å². The van der Waals surface area contributed by atoms with Crippen LogP contribution in [0.5, 0.6) is 0 Å². The van der Waals surface area contributed by atoms with E-state index in [1.165, 1.54) is 0 Å². The molecule has 0 heterocycles. The van der Waals surface area contributed by atoms with Gasteiger partial charge in [-0.2, -0.15) is 0 Å². The minimum atomic E-state index is -0.362. The number of aryl methyl sites for hydroxylation is 1. The summed E-state index contributed by atoms with van der Waals surface area (Å²) in [6.45, 7) is 1.93. The summed E-state index contributed by atoms with van der Waals surface area (Å²) in [7, 11) is 0. The van der Waals surface area contributed by atoms with Gasteiger partial charge in [0, 0.05) is 10.7 Å². The van der Waals surface area contributed by atoms with Gasteiger partial charge in [-0.05, 0) is 42.8 Å². The first-order chi connectivity index (χ1) is 9.04. The van der Waals surface area contributed by atoms with Crippen LogP contribution in [0.15, 0.2) is 42.5 Å². The first-order valence-electron chi connectivity index (χ1n) is 5.74. The van der Waals surface area contributed by atoms with E-state index >= 15 is 0 Å². The van der Waals surface area contributed by atoms with E-state index < -0.39 is 0 Å². The lowest BCUT2D eigenvalue weighted by atomic mass is 10.2. The summed E-state index contributed by atoms with van der Waals surface area (Å²) in [5.41, 5.74) is 8.54. The van der Waals surface area contributed by atoms with Gasteiger partial charge in [-0.15, -0.1) is 0 Å². The molecular weight excluding hydrogens is 262 g/mol. The Labute approximate surface area is 116 Å². The van der Waals surface area contributed by atoms with Crippen LogP contribution in [0.2, 0.25) is 5.02 Å². The zero-order valence-electron chi connectivity index (χ0n) is 10.4. The van der Waals surface area contributed by atoms with Crippen molar-refractivity contribution < 1.29 is 4.79 Å². The highest BCUT2D eigenvalue weighted by Crippen LogP contribution is 2.20. The maximum atomic E-state index is 11.8. The van der Waals surface area contributed by atoms with E-state index in [4.69, 9.17) is 17.3 Å². The molecule has 2 aromatic rings. The Morgan fingerprint density at radius 1 is 1.16 bits per heavy atom. The minimum absolute atomic E-state index is 0.362. The normalized spacial score (nSPS) is 10.0. The predicted octanol–water partition coefficient (Wildman–Crippen LogP) is 3.87. The third kappa shape index (κ3) is 3.63. The van der Waals surface area contributed by atoms with Crippen LogP contribution in [0.3, 0.4) is 0 Å². The van der Waals surface area contributed by atoms with E-state index in [1.807, 2.05) is 19.1 Å². The van der Waals surface area contributed by atoms with Gasteiger partial charge >= 0.3 is 6.03 Å². The summed E-state index contributed by atoms with van der Waals surface area (Å²) in [5.74, 6) is 0. The number of hydrogen-bond donors (Lipinski definition) is 3. The van der Waals surface area contributed by atoms with Crippen molar-refractivity contribution in [1.82, 2.24) is 0 Å². The number of urea groups is 1. The highest BCUT2D eigenvalue weighted by molar-refractivity contribution is 6.30. The van der Waals surface area contributed by atoms with Crippen LogP contribution in [0.1, 0.15) is 5.56 Å². The van der Waals surface area contributed by atoms with E-state index in [-0.39, 0.29) is 6.03 Å². The molecule has 0 atom stereocenters. The Morgan fingerprint density at radius 2 is 1.95 bits per heavy atom. The number of carbonyl (C=O) groups excluding carboxylic acids is 1. The highest BCUT2D eigenvalue weighted by Gasteiger charge is 2.05. The number of rotatable bonds is 2. The fraction of sp³-hybridized carbons (Fsp3) is 0.0714. The second kappa shape index (κ2) is 5.63. The second-order valence-electron chi connectivity index (χ2n) is 4.18. The van der Waals surface area contributed by atoms with Gasteiger partial charge in [0.05, 0.1) is 11.4 Å². The SMILES string of the molecule is Cc1ccc(N)c(NC(=O)Nc2cccc(Cl)c2)c1. The molecule has 0 fully saturated rings. The Balaban J connectivity index is 2.07. The number of amides is 2. The molecule has 0 bridgehead atoms. The Kier molecular flexibility index (Phi) is 3.92. The molecule has 0 saturated heterocycles. The number of hydrogen-bond acceptors (Lipinski definition) is 2. The van der Waals surface area contributed by atoms with Gasteiger partial charge in [0.15, 0.2) is 0 Å². The fourth-order valence-electron chi connectivity index (χ4n) is 1.63. The van der Waals surface area contributed by atoms with Crippen LogP contribution in [-0.4, -0.2) is 6.03 Å². The first-order valence-corrected chi connectivity index (χ1v) is 6.12. The largest absolute Gasteiger partial charge is 0.397 e. The molecule has 98 valence electrons. The molecule has 4 nitrogen and oxygen atoms in total. The fourth-order valence-corrected chi connectivity index (χ4v) is 1.82. The van der Waals surface area contributed by atoms with E-state index in [0.717, 1.165) is 5.56 Å². The van der Waals surface area contributed by atoms with Gasteiger partial charge in [0.2, 0.25) is 0 Å². The average molecular weight is 276 g/mol. The zero-order valence-corrected chi connectivity index (χ0v) is 11.2. The van der Waals surface area contributed by atoms with Gasteiger partial charge in [-0.1, -0.05) is 23.7 Å². The number of halogens is 1. The van der Waals surface area contributed by atoms with Crippen molar-refractivity contribution in [3.63, 3.8) is 0 Å². The summed E-state index contributed by atoms with van der Waals surface area (Å²) in [5, 5.41) is 5.95. The molecule has 0 unspecified atom stereocenters. The zero-order chi connectivity index (χ0) is 13.8. The van der Waals surface area contributed by atoms with Crippen molar-refractivity contribution in [3.05, 3.63) is 53.1 Å². The van der Waals surface area contributed by atoms with Crippen LogP contribution in [0.25, 0.3) is 0 Å². The number of nitrogen functional groups attached to an aromatic ring is 1. The summed E-state index contributed by atoms with van der Waals surface area (Å²) in [6, 6.07) is 12.0. The van der Waals surface area contributed by atoms with Gasteiger partial charge in [-0.3, -0.25) is 0 Å². The Bertz CT molecular complexity index is 613. The third-order valence-corrected chi connectivity index (χ3v) is 2.77. The molecule has 0 saturated carbocycles. The van der Waals surface area contributed by atoms with Gasteiger partial charge in [-0.25, -0.2) is 4.79 Å². The quantitative estimate of drug-likeness (QED) is 0.728. The van der Waals surface area contributed by atoms with Crippen LogP contribution < -0.4 is 16.4 Å². The Hall–Kier alpha value is -2.20. The van der Waals surface area contributed by atoms with E-state index in [1.54, 1.807) is 30.3 Å². The van der Waals surface area contributed by atoms with Gasteiger partial charge in [0.1, 0.15) is 0 Å². The molecule has 0 radical (unpaired) electrons. The smallest absolute Gasteiger partial charge is 0.323 e. The maximum Gasteiger partial charge on any atom is 0.323 e. The van der Waals surface area contributed by atoms with Crippen LogP contribution in [0, 0.1) is 6.92 Å². The monoisotopic (exact) mass is 275 g/mol. The molecule has 19 heavy (non-hydrogen) atoms. The van der Waals surface area contributed by atoms with Gasteiger partial charge < -0.3 is 16.4 Å². The van der Waals surface area contributed by atoms with E-state index in [9.17, 15) is 4.79 Å². The van der Waals surface area contributed by atoms with Crippen molar-refractivity contribution in [2.75, 3.05) is 16.4 Å². The van der Waals surface area contributed by atoms with Crippen molar-refractivity contribution in [2.24, 2.45) is 0 Å². The van der Waals surface area contributed by atoms with E-state index in [0.29, 0.717) is 22.1 Å². The highest BCUT2D eigenvalue weighted by atomic mass is 35.5. The lowest BCUT2D eigenvalue weighted by Crippen LogP contribution is -2.20. The summed E-state index contributed by atoms with van der Waals surface area (Å²) < 4.78 is 0. The molecular formula is C14H14ClN3O. The molecule has 2 aromatic carbocycles. The summed E-state index contributed by atoms with van der Waals surface area (Å²) >= 11 is 5.84. The predicted molar refractivity (Wildman–Crippen MR) is 79.7 cm³/mol. The lowest BCUT2D eigenvalue weighted by Gasteiger charge is -2.10. The van der Waals surface area contributed by atoms with Crippen molar-refractivity contribution >= 4 is 34.7 Å². The Morgan fingerprint density at radius 3 is 2.68 bits per heavy atom. The number of nitrogens with two attached hydrogens (primary N) is 1. The van der Waals surface area contributed by atoms with Crippen molar-refractivity contribution in [2.45, 2.75) is 6.92 Å². The second-order valence-corrected chi connectivity index (χ2v) is 4.62. The molecule has 0 aliphatic heterocycles. The number of carbonyl (C=O) groups is 1. The summed E-state index contributed by atoms with van der Waals surface area (Å²) in [4.78, 5) is 11.8. The molecule has 0 aromatic heterocycles. The average Bonchev–Trinajstić information content (AvgIpc) is 2.34. The van der Waals surface area contributed by atoms with Crippen molar-refractivity contribution in [1.29, 1.82) is 0 Å². The molecule has 4 N–H and O–H groups in total. The number of anilines is 3. The third-order valence-electron chi connectivity index (χ3n) is 2.54. The van der Waals surface area contributed by atoms with Crippen LogP contribution in [0.4, 0.5) is 21.9 Å². The lowest BCUT2D eigenvalue weighted by molar-refractivity contribution is 0.262. The topological polar surface area (TPSA) is 67.1 Å². The van der Waals surface area contributed by atoms with Crippen LogP contribution in [-0.2, 0) is 0 Å². The summed E-state index contributed by atoms with van der Waals surface area (Å²) in [6.07, 6.45) is 0. The first kappa shape index (κ1) is 13.2. The number of benzene rings is 2.